The van der Waals surface area contributed by atoms with Crippen molar-refractivity contribution in [2.75, 3.05) is 30.8 Å². The highest BCUT2D eigenvalue weighted by Crippen LogP contribution is 2.46. The van der Waals surface area contributed by atoms with E-state index in [4.69, 9.17) is 10.5 Å². The van der Waals surface area contributed by atoms with E-state index in [1.54, 1.807) is 7.11 Å². The largest absolute Gasteiger partial charge is 0.492 e. The first kappa shape index (κ1) is 14.2. The van der Waals surface area contributed by atoms with Gasteiger partial charge in [-0.3, -0.25) is 4.79 Å². The number of hydrogen-bond donors (Lipinski definition) is 1. The van der Waals surface area contributed by atoms with Crippen molar-refractivity contribution < 1.29 is 9.53 Å². The normalized spacial score (nSPS) is 15.9. The SMILES string of the molecule is COc1c(N2CCCCC2)sc(C(=O)C(C)C)c1N. The lowest BCUT2D eigenvalue weighted by molar-refractivity contribution is 0.0944. The Morgan fingerprint density at radius 3 is 2.47 bits per heavy atom. The maximum Gasteiger partial charge on any atom is 0.177 e. The van der Waals surface area contributed by atoms with Crippen LogP contribution in [0.15, 0.2) is 0 Å². The second-order valence-electron chi connectivity index (χ2n) is 5.25. The molecule has 106 valence electrons. The molecule has 1 saturated heterocycles. The summed E-state index contributed by atoms with van der Waals surface area (Å²) < 4.78 is 5.43. The summed E-state index contributed by atoms with van der Waals surface area (Å²) in [6.45, 7) is 5.83. The van der Waals surface area contributed by atoms with Crippen LogP contribution in [0.5, 0.6) is 5.75 Å². The Kier molecular flexibility index (Phi) is 4.34. The van der Waals surface area contributed by atoms with Crippen molar-refractivity contribution in [2.45, 2.75) is 33.1 Å². The zero-order chi connectivity index (χ0) is 14.0. The molecule has 0 amide bonds. The molecule has 1 aliphatic rings. The molecule has 2 heterocycles. The first-order valence-electron chi connectivity index (χ1n) is 6.81. The van der Waals surface area contributed by atoms with Crippen LogP contribution < -0.4 is 15.4 Å². The van der Waals surface area contributed by atoms with Gasteiger partial charge in [-0.2, -0.15) is 0 Å². The monoisotopic (exact) mass is 282 g/mol. The second kappa shape index (κ2) is 5.82. The van der Waals surface area contributed by atoms with E-state index in [0.717, 1.165) is 18.1 Å². The van der Waals surface area contributed by atoms with Gasteiger partial charge in [0.25, 0.3) is 0 Å². The summed E-state index contributed by atoms with van der Waals surface area (Å²) in [7, 11) is 1.62. The minimum Gasteiger partial charge on any atom is -0.492 e. The maximum absolute atomic E-state index is 12.2. The summed E-state index contributed by atoms with van der Waals surface area (Å²) in [5.41, 5.74) is 6.60. The molecule has 2 N–H and O–H groups in total. The number of methoxy groups -OCH3 is 1. The number of thiophene rings is 1. The van der Waals surface area contributed by atoms with Crippen LogP contribution >= 0.6 is 11.3 Å². The third kappa shape index (κ3) is 2.71. The van der Waals surface area contributed by atoms with Crippen LogP contribution in [0.4, 0.5) is 10.7 Å². The number of piperidine rings is 1. The molecule has 5 heteroatoms. The number of nitrogens with zero attached hydrogens (tertiary/aromatic N) is 1. The molecule has 0 aliphatic carbocycles. The smallest absolute Gasteiger partial charge is 0.177 e. The number of ether oxygens (including phenoxy) is 1. The molecule has 4 nitrogen and oxygen atoms in total. The molecular formula is C14H22N2O2S. The lowest BCUT2D eigenvalue weighted by Gasteiger charge is -2.27. The Morgan fingerprint density at radius 2 is 1.95 bits per heavy atom. The summed E-state index contributed by atoms with van der Waals surface area (Å²) in [5.74, 6) is 0.736. The molecule has 0 saturated carbocycles. The van der Waals surface area contributed by atoms with E-state index in [0.29, 0.717) is 16.3 Å². The van der Waals surface area contributed by atoms with Crippen LogP contribution in [0.2, 0.25) is 0 Å². The molecule has 2 rings (SSSR count). The van der Waals surface area contributed by atoms with Gasteiger partial charge in [0.2, 0.25) is 0 Å². The van der Waals surface area contributed by atoms with Crippen LogP contribution in [-0.2, 0) is 0 Å². The minimum atomic E-state index is -0.0418. The van der Waals surface area contributed by atoms with E-state index in [-0.39, 0.29) is 11.7 Å². The standard InChI is InChI=1S/C14H22N2O2S/c1-9(2)11(17)13-10(15)12(18-3)14(19-13)16-7-5-4-6-8-16/h9H,4-8,15H2,1-3H3. The summed E-state index contributed by atoms with van der Waals surface area (Å²) in [4.78, 5) is 15.1. The summed E-state index contributed by atoms with van der Waals surface area (Å²) in [6.07, 6.45) is 3.65. The molecule has 1 aromatic rings. The van der Waals surface area contributed by atoms with Gasteiger partial charge in [0.15, 0.2) is 11.5 Å². The van der Waals surface area contributed by atoms with E-state index in [9.17, 15) is 4.79 Å². The van der Waals surface area contributed by atoms with Gasteiger partial charge in [-0.05, 0) is 19.3 Å². The molecule has 0 unspecified atom stereocenters. The summed E-state index contributed by atoms with van der Waals surface area (Å²) >= 11 is 1.48. The van der Waals surface area contributed by atoms with E-state index in [1.165, 1.54) is 30.6 Å². The predicted octanol–water partition coefficient (Wildman–Crippen LogP) is 3.17. The summed E-state index contributed by atoms with van der Waals surface area (Å²) in [6, 6.07) is 0. The molecule has 0 radical (unpaired) electrons. The van der Waals surface area contributed by atoms with E-state index >= 15 is 0 Å². The third-order valence-corrected chi connectivity index (χ3v) is 4.74. The first-order valence-corrected chi connectivity index (χ1v) is 7.63. The lowest BCUT2D eigenvalue weighted by atomic mass is 10.1. The number of hydrogen-bond acceptors (Lipinski definition) is 5. The fourth-order valence-corrected chi connectivity index (χ4v) is 3.69. The fraction of sp³-hybridized carbons (Fsp3) is 0.643. The molecule has 1 aromatic heterocycles. The van der Waals surface area contributed by atoms with E-state index in [2.05, 4.69) is 4.90 Å². The predicted molar refractivity (Wildman–Crippen MR) is 80.5 cm³/mol. The van der Waals surface area contributed by atoms with Crippen molar-refractivity contribution in [1.29, 1.82) is 0 Å². The molecule has 0 spiro atoms. The zero-order valence-corrected chi connectivity index (χ0v) is 12.7. The van der Waals surface area contributed by atoms with E-state index < -0.39 is 0 Å². The van der Waals surface area contributed by atoms with Crippen LogP contribution in [0, 0.1) is 5.92 Å². The van der Waals surface area contributed by atoms with Crippen molar-refractivity contribution in [3.8, 4) is 5.75 Å². The van der Waals surface area contributed by atoms with Gasteiger partial charge in [0, 0.05) is 19.0 Å². The van der Waals surface area contributed by atoms with Gasteiger partial charge in [-0.1, -0.05) is 13.8 Å². The highest BCUT2D eigenvalue weighted by atomic mass is 32.1. The number of nitrogen functional groups attached to an aromatic ring is 1. The van der Waals surface area contributed by atoms with Gasteiger partial charge in [-0.25, -0.2) is 0 Å². The molecule has 0 aromatic carbocycles. The van der Waals surface area contributed by atoms with Crippen LogP contribution in [0.25, 0.3) is 0 Å². The molecule has 19 heavy (non-hydrogen) atoms. The average molecular weight is 282 g/mol. The average Bonchev–Trinajstić information content (AvgIpc) is 2.75. The van der Waals surface area contributed by atoms with Crippen molar-refractivity contribution in [3.63, 3.8) is 0 Å². The Bertz CT molecular complexity index is 462. The number of carbonyl (C=O) groups excluding carboxylic acids is 1. The highest BCUT2D eigenvalue weighted by molar-refractivity contribution is 7.19. The van der Waals surface area contributed by atoms with Crippen LogP contribution in [0.3, 0.4) is 0 Å². The number of Topliss-reactive ketones (excluding diaryl/α,β-unsaturated/α-hetero) is 1. The number of rotatable bonds is 4. The van der Waals surface area contributed by atoms with Crippen molar-refractivity contribution in [1.82, 2.24) is 0 Å². The van der Waals surface area contributed by atoms with Gasteiger partial charge in [0.1, 0.15) is 5.00 Å². The zero-order valence-electron chi connectivity index (χ0n) is 11.9. The summed E-state index contributed by atoms with van der Waals surface area (Å²) in [5, 5.41) is 1.02. The van der Waals surface area contributed by atoms with Crippen molar-refractivity contribution in [2.24, 2.45) is 5.92 Å². The fourth-order valence-electron chi connectivity index (χ4n) is 2.36. The Labute approximate surface area is 118 Å². The van der Waals surface area contributed by atoms with Gasteiger partial charge in [-0.15, -0.1) is 11.3 Å². The topological polar surface area (TPSA) is 55.6 Å². The third-order valence-electron chi connectivity index (χ3n) is 3.48. The molecule has 1 fully saturated rings. The molecule has 0 bridgehead atoms. The maximum atomic E-state index is 12.2. The first-order chi connectivity index (χ1) is 9.06. The van der Waals surface area contributed by atoms with Gasteiger partial charge in [0.05, 0.1) is 17.7 Å². The Hall–Kier alpha value is -1.23. The number of ketones is 1. The number of nitrogens with two attached hydrogens (primary N) is 1. The molecular weight excluding hydrogens is 260 g/mol. The second-order valence-corrected chi connectivity index (χ2v) is 6.25. The van der Waals surface area contributed by atoms with Crippen molar-refractivity contribution in [3.05, 3.63) is 4.88 Å². The molecule has 0 atom stereocenters. The van der Waals surface area contributed by atoms with Gasteiger partial charge >= 0.3 is 0 Å². The van der Waals surface area contributed by atoms with Crippen LogP contribution in [-0.4, -0.2) is 26.0 Å². The van der Waals surface area contributed by atoms with Gasteiger partial charge < -0.3 is 15.4 Å². The highest BCUT2D eigenvalue weighted by Gasteiger charge is 2.26. The lowest BCUT2D eigenvalue weighted by Crippen LogP contribution is -2.28. The van der Waals surface area contributed by atoms with Crippen molar-refractivity contribution >= 4 is 27.8 Å². The van der Waals surface area contributed by atoms with Crippen LogP contribution in [0.1, 0.15) is 42.8 Å². The van der Waals surface area contributed by atoms with E-state index in [1.807, 2.05) is 13.8 Å². The number of anilines is 2. The quantitative estimate of drug-likeness (QED) is 0.862. The molecule has 1 aliphatic heterocycles. The minimum absolute atomic E-state index is 0.0418. The Morgan fingerprint density at radius 1 is 1.32 bits per heavy atom. The Balaban J connectivity index is 2.37. The number of carbonyl (C=O) groups is 1.